The minimum atomic E-state index is -1.85. The van der Waals surface area contributed by atoms with E-state index in [-0.39, 0.29) is 6.54 Å². The Kier molecular flexibility index (Phi) is 6.20. The van der Waals surface area contributed by atoms with Gasteiger partial charge in [0, 0.05) is 30.9 Å². The van der Waals surface area contributed by atoms with E-state index in [0.29, 0.717) is 18.8 Å². The summed E-state index contributed by atoms with van der Waals surface area (Å²) < 4.78 is 0. The van der Waals surface area contributed by atoms with Crippen LogP contribution in [0.1, 0.15) is 16.7 Å². The normalized spacial score (nSPS) is 14.5. The second-order valence-corrected chi connectivity index (χ2v) is 7.85. The lowest BCUT2D eigenvalue weighted by Crippen LogP contribution is -2.49. The van der Waals surface area contributed by atoms with Crippen LogP contribution in [0.15, 0.2) is 72.8 Å². The summed E-state index contributed by atoms with van der Waals surface area (Å²) in [6, 6.07) is 22.6. The summed E-state index contributed by atoms with van der Waals surface area (Å²) in [5.41, 5.74) is 11.3. The second kappa shape index (κ2) is 9.21. The summed E-state index contributed by atoms with van der Waals surface area (Å²) in [7, 11) is 0. The zero-order valence-corrected chi connectivity index (χ0v) is 17.4. The molecule has 7 heteroatoms. The van der Waals surface area contributed by atoms with Gasteiger partial charge < -0.3 is 26.2 Å². The smallest absolute Gasteiger partial charge is 0.255 e. The van der Waals surface area contributed by atoms with E-state index in [2.05, 4.69) is 5.32 Å². The number of fused-ring (bicyclic) bond motifs is 1. The lowest BCUT2D eigenvalue weighted by Gasteiger charge is -2.22. The summed E-state index contributed by atoms with van der Waals surface area (Å²) >= 11 is 0. The Hall–Kier alpha value is -3.68. The third kappa shape index (κ3) is 4.49. The van der Waals surface area contributed by atoms with Crippen LogP contribution in [-0.2, 0) is 29.2 Å². The highest BCUT2D eigenvalue weighted by Gasteiger charge is 2.35. The molecule has 7 nitrogen and oxygen atoms in total. The topological polar surface area (TPSA) is 116 Å². The van der Waals surface area contributed by atoms with E-state index in [9.17, 15) is 19.8 Å². The van der Waals surface area contributed by atoms with Crippen LogP contribution in [0.4, 0.5) is 5.69 Å². The molecule has 3 aromatic carbocycles. The summed E-state index contributed by atoms with van der Waals surface area (Å²) in [5.74, 6) is -1.48. The number of nitrogens with zero attached hydrogens (tertiary/aromatic N) is 1. The number of aliphatic hydroxyl groups is 2. The van der Waals surface area contributed by atoms with Crippen LogP contribution in [0.5, 0.6) is 0 Å². The number of anilines is 1. The first kappa shape index (κ1) is 21.5. The van der Waals surface area contributed by atoms with Crippen LogP contribution >= 0.6 is 0 Å². The number of nitrogen functional groups attached to an aromatic ring is 1. The molecule has 3 aromatic rings. The summed E-state index contributed by atoms with van der Waals surface area (Å²) in [6.45, 7) is 0.841. The van der Waals surface area contributed by atoms with E-state index in [1.807, 2.05) is 72.8 Å². The fourth-order valence-electron chi connectivity index (χ4n) is 3.81. The van der Waals surface area contributed by atoms with Crippen molar-refractivity contribution in [3.63, 3.8) is 0 Å². The van der Waals surface area contributed by atoms with Crippen LogP contribution in [0.2, 0.25) is 0 Å². The van der Waals surface area contributed by atoms with E-state index >= 15 is 0 Å². The van der Waals surface area contributed by atoms with Gasteiger partial charge in [0.2, 0.25) is 0 Å². The third-order valence-corrected chi connectivity index (χ3v) is 5.67. The lowest BCUT2D eigenvalue weighted by atomic mass is 10.0. The van der Waals surface area contributed by atoms with E-state index in [1.165, 1.54) is 4.90 Å². The number of carbonyl (C=O) groups excluding carboxylic acids is 2. The fraction of sp³-hybridized carbons (Fsp3) is 0.200. The van der Waals surface area contributed by atoms with Gasteiger partial charge in [0.25, 0.3) is 11.8 Å². The molecule has 1 aliphatic heterocycles. The van der Waals surface area contributed by atoms with Gasteiger partial charge in [-0.3, -0.25) is 9.59 Å². The van der Waals surface area contributed by atoms with Crippen molar-refractivity contribution in [1.82, 2.24) is 10.2 Å². The minimum Gasteiger partial charge on any atom is -0.398 e. The number of nitrogens with one attached hydrogen (secondary N) is 1. The molecule has 0 saturated heterocycles. The van der Waals surface area contributed by atoms with Crippen molar-refractivity contribution in [2.24, 2.45) is 0 Å². The van der Waals surface area contributed by atoms with Crippen molar-refractivity contribution >= 4 is 17.5 Å². The van der Waals surface area contributed by atoms with Crippen LogP contribution in [0.3, 0.4) is 0 Å². The highest BCUT2D eigenvalue weighted by atomic mass is 16.3. The van der Waals surface area contributed by atoms with Gasteiger partial charge in [0.15, 0.2) is 12.2 Å². The molecule has 4 rings (SSSR count). The minimum absolute atomic E-state index is 0.149. The quantitative estimate of drug-likeness (QED) is 0.445. The Bertz CT molecular complexity index is 1110. The van der Waals surface area contributed by atoms with Crippen LogP contribution < -0.4 is 11.1 Å². The number of para-hydroxylation sites is 1. The predicted octanol–water partition coefficient (Wildman–Crippen LogP) is 1.82. The number of rotatable bonds is 6. The van der Waals surface area contributed by atoms with Crippen molar-refractivity contribution in [2.75, 3.05) is 5.73 Å². The second-order valence-electron chi connectivity index (χ2n) is 7.85. The number of benzene rings is 3. The highest BCUT2D eigenvalue weighted by Crippen LogP contribution is 2.26. The SMILES string of the molecule is Nc1ccccc1-c1ccc(CNC(=O)[C@H](O)[C@@H](O)C(=O)N2Cc3ccccc3C2)cc1. The Morgan fingerprint density at radius 1 is 0.875 bits per heavy atom. The molecule has 0 aliphatic carbocycles. The summed E-state index contributed by atoms with van der Waals surface area (Å²) in [4.78, 5) is 26.3. The van der Waals surface area contributed by atoms with E-state index < -0.39 is 24.0 Å². The number of hydrogen-bond donors (Lipinski definition) is 4. The van der Waals surface area contributed by atoms with Gasteiger partial charge in [-0.25, -0.2) is 0 Å². The van der Waals surface area contributed by atoms with E-state index in [1.54, 1.807) is 0 Å². The number of carbonyl (C=O) groups is 2. The van der Waals surface area contributed by atoms with Crippen LogP contribution in [0, 0.1) is 0 Å². The zero-order valence-electron chi connectivity index (χ0n) is 17.4. The van der Waals surface area contributed by atoms with Gasteiger partial charge in [-0.2, -0.15) is 0 Å². The lowest BCUT2D eigenvalue weighted by molar-refractivity contribution is -0.153. The molecular formula is C25H25N3O4. The number of aliphatic hydroxyl groups excluding tert-OH is 2. The Balaban J connectivity index is 1.32. The fourth-order valence-corrected chi connectivity index (χ4v) is 3.81. The molecule has 2 atom stereocenters. The first-order valence-corrected chi connectivity index (χ1v) is 10.4. The van der Waals surface area contributed by atoms with Gasteiger partial charge in [0.05, 0.1) is 0 Å². The Morgan fingerprint density at radius 3 is 2.09 bits per heavy atom. The number of amides is 2. The molecule has 5 N–H and O–H groups in total. The molecule has 32 heavy (non-hydrogen) atoms. The zero-order chi connectivity index (χ0) is 22.7. The Morgan fingerprint density at radius 2 is 1.47 bits per heavy atom. The first-order valence-electron chi connectivity index (χ1n) is 10.4. The summed E-state index contributed by atoms with van der Waals surface area (Å²) in [5, 5.41) is 23.0. The standard InChI is InChI=1S/C25H25N3O4/c26-21-8-4-3-7-20(21)17-11-9-16(10-12-17)13-27-24(31)22(29)23(30)25(32)28-14-18-5-1-2-6-19(18)15-28/h1-12,22-23,29-30H,13-15,26H2,(H,27,31)/t22-,23-/m1/s1. The molecule has 1 aliphatic rings. The maximum absolute atomic E-state index is 12.6. The van der Waals surface area contributed by atoms with E-state index in [0.717, 1.165) is 27.8 Å². The van der Waals surface area contributed by atoms with E-state index in [4.69, 9.17) is 5.73 Å². The average Bonchev–Trinajstić information content (AvgIpc) is 3.26. The Labute approximate surface area is 186 Å². The van der Waals surface area contributed by atoms with Crippen molar-refractivity contribution in [3.05, 3.63) is 89.5 Å². The van der Waals surface area contributed by atoms with Gasteiger partial charge >= 0.3 is 0 Å². The molecule has 1 heterocycles. The van der Waals surface area contributed by atoms with Gasteiger partial charge in [-0.1, -0.05) is 66.7 Å². The summed E-state index contributed by atoms with van der Waals surface area (Å²) in [6.07, 6.45) is -3.68. The molecule has 0 unspecified atom stereocenters. The monoisotopic (exact) mass is 431 g/mol. The maximum atomic E-state index is 12.6. The molecule has 0 saturated carbocycles. The number of nitrogens with two attached hydrogens (primary N) is 1. The van der Waals surface area contributed by atoms with Crippen molar-refractivity contribution < 1.29 is 19.8 Å². The number of hydrogen-bond acceptors (Lipinski definition) is 5. The molecule has 164 valence electrons. The highest BCUT2D eigenvalue weighted by molar-refractivity contribution is 5.91. The van der Waals surface area contributed by atoms with Crippen molar-refractivity contribution in [2.45, 2.75) is 31.8 Å². The van der Waals surface area contributed by atoms with Gasteiger partial charge in [-0.05, 0) is 28.3 Å². The third-order valence-electron chi connectivity index (χ3n) is 5.67. The molecule has 0 bridgehead atoms. The first-order chi connectivity index (χ1) is 15.4. The molecule has 0 fully saturated rings. The van der Waals surface area contributed by atoms with Crippen LogP contribution in [0.25, 0.3) is 11.1 Å². The van der Waals surface area contributed by atoms with Gasteiger partial charge in [0.1, 0.15) is 0 Å². The molecular weight excluding hydrogens is 406 g/mol. The van der Waals surface area contributed by atoms with Gasteiger partial charge in [-0.15, -0.1) is 0 Å². The molecule has 0 spiro atoms. The molecule has 0 aromatic heterocycles. The van der Waals surface area contributed by atoms with Crippen molar-refractivity contribution in [1.29, 1.82) is 0 Å². The largest absolute Gasteiger partial charge is 0.398 e. The molecule has 2 amide bonds. The predicted molar refractivity (Wildman–Crippen MR) is 121 cm³/mol. The molecule has 0 radical (unpaired) electrons. The maximum Gasteiger partial charge on any atom is 0.255 e. The average molecular weight is 431 g/mol. The van der Waals surface area contributed by atoms with Crippen molar-refractivity contribution in [3.8, 4) is 11.1 Å². The van der Waals surface area contributed by atoms with Crippen LogP contribution in [-0.4, -0.2) is 39.1 Å².